The summed E-state index contributed by atoms with van der Waals surface area (Å²) in [5.41, 5.74) is 6.51. The molecule has 1 heterocycles. The predicted octanol–water partition coefficient (Wildman–Crippen LogP) is 0.901. The van der Waals surface area contributed by atoms with Gasteiger partial charge in [-0.15, -0.1) is 0 Å². The highest BCUT2D eigenvalue weighted by atomic mass is 16.4. The fourth-order valence-electron chi connectivity index (χ4n) is 2.14. The molecule has 0 saturated heterocycles. The topological polar surface area (TPSA) is 81.2 Å². The number of nitrogens with zero attached hydrogens (tertiary/aromatic N) is 1. The van der Waals surface area contributed by atoms with Crippen LogP contribution in [0.4, 0.5) is 0 Å². The number of rotatable bonds is 2. The summed E-state index contributed by atoms with van der Waals surface area (Å²) in [6, 6.07) is 0.130. The van der Waals surface area contributed by atoms with Gasteiger partial charge in [0.15, 0.2) is 5.89 Å². The van der Waals surface area contributed by atoms with Gasteiger partial charge in [-0.25, -0.2) is 4.98 Å². The molecule has 2 atom stereocenters. The average Bonchev–Trinajstić information content (AvgIpc) is 2.74. The Balaban J connectivity index is 2.05. The monoisotopic (exact) mass is 223 g/mol. The number of hydrogen-bond acceptors (Lipinski definition) is 4. The van der Waals surface area contributed by atoms with Gasteiger partial charge in [-0.05, 0) is 26.2 Å². The first-order valence-electron chi connectivity index (χ1n) is 5.58. The van der Waals surface area contributed by atoms with Crippen molar-refractivity contribution < 1.29 is 9.21 Å². The Morgan fingerprint density at radius 1 is 1.50 bits per heavy atom. The number of carbonyl (C=O) groups excluding carboxylic acids is 1. The van der Waals surface area contributed by atoms with E-state index in [1.807, 2.05) is 0 Å². The number of oxazole rings is 1. The summed E-state index contributed by atoms with van der Waals surface area (Å²) in [5.74, 6) is 0.607. The molecule has 0 aliphatic heterocycles. The van der Waals surface area contributed by atoms with Gasteiger partial charge in [0.25, 0.3) is 5.91 Å². The van der Waals surface area contributed by atoms with Crippen LogP contribution in [0.2, 0.25) is 0 Å². The molecule has 88 valence electrons. The van der Waals surface area contributed by atoms with Crippen LogP contribution in [0.25, 0.3) is 0 Å². The van der Waals surface area contributed by atoms with Crippen molar-refractivity contribution in [1.29, 1.82) is 0 Å². The molecule has 5 nitrogen and oxygen atoms in total. The Morgan fingerprint density at radius 2 is 2.25 bits per heavy atom. The number of hydrogen-bond donors (Lipinski definition) is 2. The highest BCUT2D eigenvalue weighted by molar-refractivity contribution is 5.92. The lowest BCUT2D eigenvalue weighted by atomic mass is 10.2. The van der Waals surface area contributed by atoms with E-state index in [0.29, 0.717) is 17.3 Å². The number of nitrogens with two attached hydrogens (primary N) is 1. The van der Waals surface area contributed by atoms with Gasteiger partial charge >= 0.3 is 0 Å². The second-order valence-electron chi connectivity index (χ2n) is 4.32. The molecule has 3 N–H and O–H groups in total. The third-order valence-electron chi connectivity index (χ3n) is 3.00. The van der Waals surface area contributed by atoms with E-state index in [1.165, 1.54) is 0 Å². The molecule has 2 rings (SSSR count). The van der Waals surface area contributed by atoms with E-state index in [1.54, 1.807) is 13.8 Å². The van der Waals surface area contributed by atoms with E-state index in [4.69, 9.17) is 10.2 Å². The Bertz CT molecular complexity index is 400. The first-order valence-corrected chi connectivity index (χ1v) is 5.58. The summed E-state index contributed by atoms with van der Waals surface area (Å²) < 4.78 is 5.26. The smallest absolute Gasteiger partial charge is 0.289 e. The lowest BCUT2D eigenvalue weighted by Crippen LogP contribution is -2.44. The Morgan fingerprint density at radius 3 is 2.75 bits per heavy atom. The zero-order chi connectivity index (χ0) is 11.7. The maximum Gasteiger partial charge on any atom is 0.289 e. The molecule has 0 radical (unpaired) electrons. The van der Waals surface area contributed by atoms with Crippen molar-refractivity contribution in [3.05, 3.63) is 17.3 Å². The third kappa shape index (κ3) is 2.09. The van der Waals surface area contributed by atoms with E-state index in [0.717, 1.165) is 19.3 Å². The Labute approximate surface area is 94.4 Å². The minimum Gasteiger partial charge on any atom is -0.436 e. The summed E-state index contributed by atoms with van der Waals surface area (Å²) in [7, 11) is 0. The van der Waals surface area contributed by atoms with Crippen LogP contribution >= 0.6 is 0 Å². The Hall–Kier alpha value is -1.36. The van der Waals surface area contributed by atoms with Crippen LogP contribution < -0.4 is 11.1 Å². The zero-order valence-electron chi connectivity index (χ0n) is 9.62. The van der Waals surface area contributed by atoms with Crippen molar-refractivity contribution in [1.82, 2.24) is 10.3 Å². The lowest BCUT2D eigenvalue weighted by Gasteiger charge is -2.16. The molecule has 2 unspecified atom stereocenters. The van der Waals surface area contributed by atoms with Gasteiger partial charge in [0.2, 0.25) is 5.76 Å². The second-order valence-corrected chi connectivity index (χ2v) is 4.32. The highest BCUT2D eigenvalue weighted by Gasteiger charge is 2.27. The minimum absolute atomic E-state index is 0.0632. The molecule has 1 fully saturated rings. The fraction of sp³-hybridized carbons (Fsp3) is 0.636. The molecular weight excluding hydrogens is 206 g/mol. The molecule has 0 spiro atoms. The van der Waals surface area contributed by atoms with E-state index >= 15 is 0 Å². The lowest BCUT2D eigenvalue weighted by molar-refractivity contribution is 0.0904. The van der Waals surface area contributed by atoms with Crippen molar-refractivity contribution in [2.75, 3.05) is 0 Å². The van der Waals surface area contributed by atoms with Crippen LogP contribution in [-0.4, -0.2) is 23.0 Å². The highest BCUT2D eigenvalue weighted by Crippen LogP contribution is 2.18. The van der Waals surface area contributed by atoms with Gasteiger partial charge in [0, 0.05) is 19.0 Å². The molecule has 1 saturated carbocycles. The van der Waals surface area contributed by atoms with Crippen molar-refractivity contribution in [2.24, 2.45) is 5.73 Å². The SMILES string of the molecule is Cc1nc(C)c(C(=O)NC2CCCC2N)o1. The summed E-state index contributed by atoms with van der Waals surface area (Å²) in [4.78, 5) is 15.9. The van der Waals surface area contributed by atoms with Crippen LogP contribution in [0.1, 0.15) is 41.4 Å². The predicted molar refractivity (Wildman–Crippen MR) is 59.1 cm³/mol. The van der Waals surface area contributed by atoms with E-state index in [2.05, 4.69) is 10.3 Å². The molecular formula is C11H17N3O2. The van der Waals surface area contributed by atoms with Gasteiger partial charge in [0.05, 0.1) is 5.69 Å². The number of aromatic nitrogens is 1. The van der Waals surface area contributed by atoms with Crippen LogP contribution in [0.15, 0.2) is 4.42 Å². The van der Waals surface area contributed by atoms with Crippen LogP contribution in [0.5, 0.6) is 0 Å². The largest absolute Gasteiger partial charge is 0.436 e. The van der Waals surface area contributed by atoms with Gasteiger partial charge in [-0.1, -0.05) is 0 Å². The quantitative estimate of drug-likeness (QED) is 0.780. The number of aryl methyl sites for hydroxylation is 2. The summed E-state index contributed by atoms with van der Waals surface area (Å²) in [6.45, 7) is 3.49. The zero-order valence-corrected chi connectivity index (χ0v) is 9.62. The molecule has 1 amide bonds. The molecule has 1 aliphatic carbocycles. The van der Waals surface area contributed by atoms with E-state index in [9.17, 15) is 4.79 Å². The van der Waals surface area contributed by atoms with Gasteiger partial charge in [0.1, 0.15) is 0 Å². The van der Waals surface area contributed by atoms with Gasteiger partial charge < -0.3 is 15.5 Å². The molecule has 1 aliphatic rings. The third-order valence-corrected chi connectivity index (χ3v) is 3.00. The standard InChI is InChI=1S/C11H17N3O2/c1-6-10(16-7(2)13-6)11(15)14-9-5-3-4-8(9)12/h8-9H,3-5,12H2,1-2H3,(H,14,15). The molecule has 0 aromatic carbocycles. The Kier molecular flexibility index (Phi) is 2.96. The van der Waals surface area contributed by atoms with E-state index in [-0.39, 0.29) is 18.0 Å². The average molecular weight is 223 g/mol. The molecule has 16 heavy (non-hydrogen) atoms. The molecule has 5 heteroatoms. The van der Waals surface area contributed by atoms with Gasteiger partial charge in [-0.2, -0.15) is 0 Å². The first-order chi connectivity index (χ1) is 7.58. The van der Waals surface area contributed by atoms with Crippen molar-refractivity contribution in [2.45, 2.75) is 45.2 Å². The van der Waals surface area contributed by atoms with Crippen LogP contribution in [-0.2, 0) is 0 Å². The second kappa shape index (κ2) is 4.25. The van der Waals surface area contributed by atoms with Crippen molar-refractivity contribution in [3.63, 3.8) is 0 Å². The maximum atomic E-state index is 11.9. The number of nitrogens with one attached hydrogen (secondary N) is 1. The van der Waals surface area contributed by atoms with E-state index < -0.39 is 0 Å². The summed E-state index contributed by atoms with van der Waals surface area (Å²) in [6.07, 6.45) is 2.99. The molecule has 1 aromatic heterocycles. The first kappa shape index (κ1) is 11.1. The van der Waals surface area contributed by atoms with Crippen molar-refractivity contribution in [3.8, 4) is 0 Å². The van der Waals surface area contributed by atoms with Crippen LogP contribution in [0.3, 0.4) is 0 Å². The molecule has 1 aromatic rings. The molecule has 0 bridgehead atoms. The summed E-state index contributed by atoms with van der Waals surface area (Å²) >= 11 is 0. The number of amides is 1. The maximum absolute atomic E-state index is 11.9. The minimum atomic E-state index is -0.208. The summed E-state index contributed by atoms with van der Waals surface area (Å²) in [5, 5.41) is 2.90. The normalized spacial score (nSPS) is 24.7. The number of carbonyl (C=O) groups is 1. The van der Waals surface area contributed by atoms with Gasteiger partial charge in [-0.3, -0.25) is 4.79 Å². The van der Waals surface area contributed by atoms with Crippen molar-refractivity contribution >= 4 is 5.91 Å². The van der Waals surface area contributed by atoms with Crippen LogP contribution in [0, 0.1) is 13.8 Å². The fourth-order valence-corrected chi connectivity index (χ4v) is 2.14.